The van der Waals surface area contributed by atoms with Crippen molar-refractivity contribution in [3.8, 4) is 5.75 Å². The van der Waals surface area contributed by atoms with Gasteiger partial charge in [-0.2, -0.15) is 0 Å². The van der Waals surface area contributed by atoms with Gasteiger partial charge in [-0.1, -0.05) is 41.6 Å². The Morgan fingerprint density at radius 2 is 2.00 bits per heavy atom. The van der Waals surface area contributed by atoms with Crippen molar-refractivity contribution in [2.45, 2.75) is 17.6 Å². The molecule has 0 aliphatic heterocycles. The molecule has 0 fully saturated rings. The van der Waals surface area contributed by atoms with Gasteiger partial charge in [-0.25, -0.2) is 4.98 Å². The Kier molecular flexibility index (Phi) is 4.99. The van der Waals surface area contributed by atoms with Gasteiger partial charge in [0, 0.05) is 5.75 Å². The van der Waals surface area contributed by atoms with Crippen LogP contribution < -0.4 is 10.5 Å². The maximum atomic E-state index is 6.01. The van der Waals surface area contributed by atoms with Crippen LogP contribution in [0.2, 0.25) is 5.02 Å². The lowest BCUT2D eigenvalue weighted by atomic mass is 10.3. The summed E-state index contributed by atoms with van der Waals surface area (Å²) in [6.07, 6.45) is 0. The van der Waals surface area contributed by atoms with Gasteiger partial charge in [0.15, 0.2) is 6.61 Å². The largest absolute Gasteiger partial charge is 0.482 e. The third kappa shape index (κ3) is 4.37. The summed E-state index contributed by atoms with van der Waals surface area (Å²) in [5.74, 6) is 2.04. The highest BCUT2D eigenvalue weighted by atomic mass is 35.5. The van der Waals surface area contributed by atoms with Crippen molar-refractivity contribution in [2.75, 3.05) is 5.73 Å². The number of para-hydroxylation sites is 1. The molecule has 0 spiro atoms. The first-order valence-electron chi connectivity index (χ1n) is 6.74. The second-order valence-corrected chi connectivity index (χ2v) is 5.86. The smallest absolute Gasteiger partial charge is 0.277 e. The average molecular weight is 349 g/mol. The zero-order valence-electron chi connectivity index (χ0n) is 12.0. The van der Waals surface area contributed by atoms with Crippen LogP contribution in [-0.4, -0.2) is 15.2 Å². The molecule has 0 saturated carbocycles. The van der Waals surface area contributed by atoms with E-state index in [1.807, 2.05) is 24.3 Å². The number of nitrogen functional groups attached to an aromatic ring is 1. The molecule has 3 aromatic rings. The number of nitrogens with zero attached hydrogens (tertiary/aromatic N) is 3. The summed E-state index contributed by atoms with van der Waals surface area (Å²) in [6.45, 7) is 0.161. The first-order valence-corrected chi connectivity index (χ1v) is 8.11. The van der Waals surface area contributed by atoms with Crippen LogP contribution in [0.4, 0.5) is 5.82 Å². The van der Waals surface area contributed by atoms with E-state index in [9.17, 15) is 0 Å². The molecule has 0 unspecified atom stereocenters. The van der Waals surface area contributed by atoms with E-state index < -0.39 is 0 Å². The number of benzene rings is 1. The summed E-state index contributed by atoms with van der Waals surface area (Å²) in [5.41, 5.74) is 6.49. The van der Waals surface area contributed by atoms with Gasteiger partial charge >= 0.3 is 0 Å². The van der Waals surface area contributed by atoms with Gasteiger partial charge in [-0.05, 0) is 24.3 Å². The van der Waals surface area contributed by atoms with Crippen molar-refractivity contribution in [2.24, 2.45) is 0 Å². The minimum absolute atomic E-state index is 0.161. The summed E-state index contributed by atoms with van der Waals surface area (Å²) < 4.78 is 11.1. The lowest BCUT2D eigenvalue weighted by Gasteiger charge is -2.04. The summed E-state index contributed by atoms with van der Waals surface area (Å²) in [4.78, 5) is 4.21. The fraction of sp³-hybridized carbons (Fsp3) is 0.133. The molecule has 0 radical (unpaired) electrons. The minimum Gasteiger partial charge on any atom is -0.482 e. The van der Waals surface area contributed by atoms with Crippen LogP contribution in [0.1, 0.15) is 11.6 Å². The summed E-state index contributed by atoms with van der Waals surface area (Å²) in [7, 11) is 0. The van der Waals surface area contributed by atoms with Crippen LogP contribution in [0.25, 0.3) is 0 Å². The number of ether oxygens (including phenoxy) is 1. The molecule has 3 rings (SSSR count). The quantitative estimate of drug-likeness (QED) is 0.681. The van der Waals surface area contributed by atoms with Crippen molar-refractivity contribution in [3.05, 3.63) is 59.1 Å². The topological polar surface area (TPSA) is 87.1 Å². The number of aromatic nitrogens is 3. The maximum absolute atomic E-state index is 6.01. The molecule has 118 valence electrons. The molecule has 8 heteroatoms. The SMILES string of the molecule is Nc1cccc(CSc2nnc(COc3ccccc3Cl)o2)n1. The Morgan fingerprint density at radius 3 is 2.83 bits per heavy atom. The van der Waals surface area contributed by atoms with Crippen molar-refractivity contribution < 1.29 is 9.15 Å². The molecule has 2 aromatic heterocycles. The average Bonchev–Trinajstić information content (AvgIpc) is 3.00. The highest BCUT2D eigenvalue weighted by Crippen LogP contribution is 2.25. The second kappa shape index (κ2) is 7.34. The molecule has 2 N–H and O–H groups in total. The lowest BCUT2D eigenvalue weighted by molar-refractivity contribution is 0.252. The van der Waals surface area contributed by atoms with Crippen LogP contribution in [0.15, 0.2) is 52.1 Å². The van der Waals surface area contributed by atoms with E-state index in [0.29, 0.717) is 33.5 Å². The fourth-order valence-electron chi connectivity index (χ4n) is 1.77. The third-order valence-electron chi connectivity index (χ3n) is 2.81. The number of pyridine rings is 1. The molecular formula is C15H13ClN4O2S. The van der Waals surface area contributed by atoms with E-state index in [4.69, 9.17) is 26.5 Å². The molecular weight excluding hydrogens is 336 g/mol. The molecule has 0 atom stereocenters. The van der Waals surface area contributed by atoms with Crippen molar-refractivity contribution in [1.82, 2.24) is 15.2 Å². The van der Waals surface area contributed by atoms with Gasteiger partial charge in [-0.15, -0.1) is 10.2 Å². The zero-order chi connectivity index (χ0) is 16.1. The van der Waals surface area contributed by atoms with E-state index >= 15 is 0 Å². The molecule has 0 amide bonds. The molecule has 0 aliphatic carbocycles. The Balaban J connectivity index is 1.55. The first kappa shape index (κ1) is 15.6. The van der Waals surface area contributed by atoms with Crippen LogP contribution in [0.5, 0.6) is 5.75 Å². The van der Waals surface area contributed by atoms with E-state index in [1.165, 1.54) is 11.8 Å². The number of rotatable bonds is 6. The zero-order valence-corrected chi connectivity index (χ0v) is 13.5. The number of anilines is 1. The molecule has 1 aromatic carbocycles. The minimum atomic E-state index is 0.161. The van der Waals surface area contributed by atoms with Crippen molar-refractivity contribution in [1.29, 1.82) is 0 Å². The van der Waals surface area contributed by atoms with E-state index in [-0.39, 0.29) is 6.61 Å². The molecule has 0 bridgehead atoms. The van der Waals surface area contributed by atoms with Gasteiger partial charge in [0.25, 0.3) is 11.1 Å². The van der Waals surface area contributed by atoms with E-state index in [1.54, 1.807) is 18.2 Å². The lowest BCUT2D eigenvalue weighted by Crippen LogP contribution is -1.96. The molecule has 23 heavy (non-hydrogen) atoms. The van der Waals surface area contributed by atoms with Gasteiger partial charge in [0.2, 0.25) is 0 Å². The van der Waals surface area contributed by atoms with Crippen LogP contribution in [-0.2, 0) is 12.4 Å². The molecule has 6 nitrogen and oxygen atoms in total. The van der Waals surface area contributed by atoms with Crippen LogP contribution in [0, 0.1) is 0 Å². The van der Waals surface area contributed by atoms with Crippen molar-refractivity contribution in [3.63, 3.8) is 0 Å². The maximum Gasteiger partial charge on any atom is 0.277 e. The Hall–Kier alpha value is -2.25. The number of thioether (sulfide) groups is 1. The third-order valence-corrected chi connectivity index (χ3v) is 3.97. The summed E-state index contributed by atoms with van der Waals surface area (Å²) in [6, 6.07) is 12.7. The van der Waals surface area contributed by atoms with Crippen LogP contribution in [0.3, 0.4) is 0 Å². The van der Waals surface area contributed by atoms with Crippen molar-refractivity contribution >= 4 is 29.2 Å². The molecule has 2 heterocycles. The van der Waals surface area contributed by atoms with E-state index in [2.05, 4.69) is 15.2 Å². The van der Waals surface area contributed by atoms with Gasteiger partial charge in [-0.3, -0.25) is 0 Å². The first-order chi connectivity index (χ1) is 11.2. The summed E-state index contributed by atoms with van der Waals surface area (Å²) in [5, 5.41) is 8.89. The van der Waals surface area contributed by atoms with Gasteiger partial charge in [0.05, 0.1) is 10.7 Å². The van der Waals surface area contributed by atoms with Crippen LogP contribution >= 0.6 is 23.4 Å². The molecule has 0 aliphatic rings. The number of hydrogen-bond donors (Lipinski definition) is 1. The Bertz CT molecular complexity index is 796. The van der Waals surface area contributed by atoms with Gasteiger partial charge < -0.3 is 14.9 Å². The monoisotopic (exact) mass is 348 g/mol. The number of hydrogen-bond acceptors (Lipinski definition) is 7. The number of nitrogens with two attached hydrogens (primary N) is 1. The predicted octanol–water partition coefficient (Wildman–Crippen LogP) is 3.57. The fourth-order valence-corrected chi connectivity index (χ4v) is 2.65. The Labute approximate surface area is 142 Å². The Morgan fingerprint density at radius 1 is 1.13 bits per heavy atom. The summed E-state index contributed by atoms with van der Waals surface area (Å²) >= 11 is 7.40. The second-order valence-electron chi connectivity index (χ2n) is 4.52. The molecule has 0 saturated heterocycles. The normalized spacial score (nSPS) is 10.7. The standard InChI is InChI=1S/C15H13ClN4O2S/c16-11-5-1-2-6-12(11)21-8-14-19-20-15(22-14)23-9-10-4-3-7-13(17)18-10/h1-7H,8-9H2,(H2,17,18). The van der Waals surface area contributed by atoms with Gasteiger partial charge in [0.1, 0.15) is 11.6 Å². The number of halogens is 1. The highest BCUT2D eigenvalue weighted by molar-refractivity contribution is 7.98. The van der Waals surface area contributed by atoms with E-state index in [0.717, 1.165) is 5.69 Å². The highest BCUT2D eigenvalue weighted by Gasteiger charge is 2.09. The predicted molar refractivity (Wildman–Crippen MR) is 88.3 cm³/mol.